The van der Waals surface area contributed by atoms with Gasteiger partial charge in [-0.3, -0.25) is 9.10 Å². The fraction of sp³-hybridized carbons (Fsp3) is 0.296. The number of hydrogen-bond acceptors (Lipinski definition) is 4. The van der Waals surface area contributed by atoms with E-state index >= 15 is 0 Å². The quantitative estimate of drug-likeness (QED) is 0.329. The maximum absolute atomic E-state index is 13.5. The van der Waals surface area contributed by atoms with Gasteiger partial charge in [0.05, 0.1) is 17.2 Å². The van der Waals surface area contributed by atoms with Crippen molar-refractivity contribution in [1.82, 2.24) is 5.32 Å². The second-order valence-corrected chi connectivity index (χ2v) is 10.5. The highest BCUT2D eigenvalue weighted by atomic mass is 35.5. The number of carbonyl (C=O) groups is 1. The number of nitrogens with one attached hydrogen (secondary N) is 1. The van der Waals surface area contributed by atoms with Crippen LogP contribution in [0, 0.1) is 6.92 Å². The molecule has 0 aliphatic heterocycles. The second-order valence-electron chi connectivity index (χ2n) is 8.16. The first-order chi connectivity index (χ1) is 16.8. The lowest BCUT2D eigenvalue weighted by molar-refractivity contribution is -0.119. The molecule has 3 aromatic carbocycles. The standard InChI is InChI=1S/C27H31ClN2O4S/c1-3-19-34-26-13-7-5-10-22(26)11-8-18-29-27(31)20-30(25-12-6-4-9-21(25)2)35(32,33)24-16-14-23(28)15-17-24/h4-7,9-10,12-17H,3,8,11,18-20H2,1-2H3,(H,29,31). The minimum absolute atomic E-state index is 0.0710. The number of aryl methyl sites for hydroxylation is 2. The zero-order valence-corrected chi connectivity index (χ0v) is 21.6. The summed E-state index contributed by atoms with van der Waals surface area (Å²) in [6.07, 6.45) is 2.37. The van der Waals surface area contributed by atoms with E-state index < -0.39 is 10.0 Å². The van der Waals surface area contributed by atoms with E-state index in [1.165, 1.54) is 24.3 Å². The molecule has 0 aromatic heterocycles. The average Bonchev–Trinajstić information content (AvgIpc) is 2.85. The van der Waals surface area contributed by atoms with E-state index in [0.717, 1.165) is 34.0 Å². The summed E-state index contributed by atoms with van der Waals surface area (Å²) < 4.78 is 33.9. The van der Waals surface area contributed by atoms with Crippen LogP contribution in [-0.4, -0.2) is 34.0 Å². The van der Waals surface area contributed by atoms with E-state index in [2.05, 4.69) is 12.2 Å². The Labute approximate surface area is 212 Å². The van der Waals surface area contributed by atoms with E-state index in [1.54, 1.807) is 12.1 Å². The minimum atomic E-state index is -3.98. The molecular weight excluding hydrogens is 484 g/mol. The molecule has 0 bridgehead atoms. The molecule has 0 heterocycles. The third kappa shape index (κ3) is 7.23. The number of halogens is 1. The Hall–Kier alpha value is -3.03. The third-order valence-electron chi connectivity index (χ3n) is 5.45. The smallest absolute Gasteiger partial charge is 0.264 e. The van der Waals surface area contributed by atoms with Crippen LogP contribution in [0.2, 0.25) is 5.02 Å². The van der Waals surface area contributed by atoms with Gasteiger partial charge in [0, 0.05) is 11.6 Å². The van der Waals surface area contributed by atoms with E-state index in [0.29, 0.717) is 30.3 Å². The maximum atomic E-state index is 13.5. The van der Waals surface area contributed by atoms with Gasteiger partial charge in [0.25, 0.3) is 10.0 Å². The zero-order chi connectivity index (χ0) is 25.3. The average molecular weight is 515 g/mol. The van der Waals surface area contributed by atoms with Crippen LogP contribution in [0.5, 0.6) is 5.75 Å². The monoisotopic (exact) mass is 514 g/mol. The fourth-order valence-corrected chi connectivity index (χ4v) is 5.24. The predicted octanol–water partition coefficient (Wildman–Crippen LogP) is 5.38. The number of para-hydroxylation sites is 2. The second kappa shape index (κ2) is 12.6. The first-order valence-corrected chi connectivity index (χ1v) is 13.5. The highest BCUT2D eigenvalue weighted by molar-refractivity contribution is 7.92. The molecule has 1 amide bonds. The van der Waals surface area contributed by atoms with Crippen molar-refractivity contribution in [2.45, 2.75) is 38.0 Å². The van der Waals surface area contributed by atoms with Crippen molar-refractivity contribution in [2.24, 2.45) is 0 Å². The van der Waals surface area contributed by atoms with Crippen molar-refractivity contribution in [2.75, 3.05) is 24.0 Å². The van der Waals surface area contributed by atoms with E-state index in [4.69, 9.17) is 16.3 Å². The molecule has 0 radical (unpaired) electrons. The first kappa shape index (κ1) is 26.6. The lowest BCUT2D eigenvalue weighted by Crippen LogP contribution is -2.41. The van der Waals surface area contributed by atoms with Crippen LogP contribution in [0.4, 0.5) is 5.69 Å². The summed E-state index contributed by atoms with van der Waals surface area (Å²) in [5.74, 6) is 0.488. The number of rotatable bonds is 12. The van der Waals surface area contributed by atoms with E-state index in [9.17, 15) is 13.2 Å². The fourth-order valence-electron chi connectivity index (χ4n) is 3.63. The molecule has 0 saturated carbocycles. The van der Waals surface area contributed by atoms with E-state index in [-0.39, 0.29) is 17.3 Å². The van der Waals surface area contributed by atoms with E-state index in [1.807, 2.05) is 43.3 Å². The highest BCUT2D eigenvalue weighted by Crippen LogP contribution is 2.27. The molecule has 0 atom stereocenters. The largest absolute Gasteiger partial charge is 0.493 e. The van der Waals surface area contributed by atoms with Gasteiger partial charge in [0.2, 0.25) is 5.91 Å². The summed E-state index contributed by atoms with van der Waals surface area (Å²) in [5, 5.41) is 3.30. The van der Waals surface area contributed by atoms with Gasteiger partial charge >= 0.3 is 0 Å². The normalized spacial score (nSPS) is 11.2. The summed E-state index contributed by atoms with van der Waals surface area (Å²) in [7, 11) is -3.98. The van der Waals surface area contributed by atoms with Crippen LogP contribution in [0.15, 0.2) is 77.7 Å². The Kier molecular flexibility index (Phi) is 9.57. The van der Waals surface area contributed by atoms with Crippen LogP contribution in [0.25, 0.3) is 0 Å². The van der Waals surface area contributed by atoms with Gasteiger partial charge in [-0.05, 0) is 73.7 Å². The Morgan fingerprint density at radius 3 is 2.40 bits per heavy atom. The van der Waals surface area contributed by atoms with Gasteiger partial charge in [-0.15, -0.1) is 0 Å². The topological polar surface area (TPSA) is 75.7 Å². The lowest BCUT2D eigenvalue weighted by atomic mass is 10.1. The molecule has 0 fully saturated rings. The van der Waals surface area contributed by atoms with Gasteiger partial charge in [-0.2, -0.15) is 0 Å². The molecule has 6 nitrogen and oxygen atoms in total. The van der Waals surface area contributed by atoms with Crippen LogP contribution in [-0.2, 0) is 21.2 Å². The Morgan fingerprint density at radius 1 is 1.00 bits per heavy atom. The molecule has 1 N–H and O–H groups in total. The van der Waals surface area contributed by atoms with Gasteiger partial charge in [0.15, 0.2) is 0 Å². The maximum Gasteiger partial charge on any atom is 0.264 e. The molecule has 0 spiro atoms. The summed E-state index contributed by atoms with van der Waals surface area (Å²) in [4.78, 5) is 12.9. The zero-order valence-electron chi connectivity index (χ0n) is 20.0. The molecule has 8 heteroatoms. The molecule has 3 rings (SSSR count). The van der Waals surface area contributed by atoms with Gasteiger partial charge in [0.1, 0.15) is 12.3 Å². The summed E-state index contributed by atoms with van der Waals surface area (Å²) in [5.41, 5.74) is 2.29. The summed E-state index contributed by atoms with van der Waals surface area (Å²) in [6, 6.07) is 20.9. The predicted molar refractivity (Wildman–Crippen MR) is 141 cm³/mol. The Bertz CT molecular complexity index is 1230. The number of nitrogens with zero attached hydrogens (tertiary/aromatic N) is 1. The Morgan fingerprint density at radius 2 is 1.69 bits per heavy atom. The number of anilines is 1. The number of ether oxygens (including phenoxy) is 1. The minimum Gasteiger partial charge on any atom is -0.493 e. The molecule has 0 aliphatic rings. The third-order valence-corrected chi connectivity index (χ3v) is 7.48. The first-order valence-electron chi connectivity index (χ1n) is 11.6. The SMILES string of the molecule is CCCOc1ccccc1CCCNC(=O)CN(c1ccccc1C)S(=O)(=O)c1ccc(Cl)cc1. The van der Waals surface area contributed by atoms with Crippen LogP contribution >= 0.6 is 11.6 Å². The summed E-state index contributed by atoms with van der Waals surface area (Å²) >= 11 is 5.94. The lowest BCUT2D eigenvalue weighted by Gasteiger charge is -2.25. The van der Waals surface area contributed by atoms with Crippen molar-refractivity contribution in [3.63, 3.8) is 0 Å². The number of benzene rings is 3. The molecule has 0 aliphatic carbocycles. The van der Waals surface area contributed by atoms with Crippen molar-refractivity contribution in [3.05, 3.63) is 88.9 Å². The highest BCUT2D eigenvalue weighted by Gasteiger charge is 2.28. The number of amides is 1. The molecule has 0 saturated heterocycles. The van der Waals surface area contributed by atoms with Gasteiger partial charge in [-0.1, -0.05) is 54.9 Å². The number of sulfonamides is 1. The molecule has 186 valence electrons. The number of hydrogen-bond donors (Lipinski definition) is 1. The summed E-state index contributed by atoms with van der Waals surface area (Å²) in [6.45, 7) is 4.63. The van der Waals surface area contributed by atoms with Crippen LogP contribution in [0.1, 0.15) is 30.9 Å². The molecular formula is C27H31ClN2O4S. The van der Waals surface area contributed by atoms with Crippen LogP contribution < -0.4 is 14.4 Å². The molecule has 3 aromatic rings. The van der Waals surface area contributed by atoms with Crippen molar-refractivity contribution >= 4 is 33.2 Å². The van der Waals surface area contributed by atoms with Crippen molar-refractivity contribution < 1.29 is 17.9 Å². The molecule has 35 heavy (non-hydrogen) atoms. The number of carbonyl (C=O) groups excluding carboxylic acids is 1. The van der Waals surface area contributed by atoms with Gasteiger partial charge in [-0.25, -0.2) is 8.42 Å². The Balaban J connectivity index is 1.68. The molecule has 0 unspecified atom stereocenters. The van der Waals surface area contributed by atoms with Crippen LogP contribution in [0.3, 0.4) is 0 Å². The van der Waals surface area contributed by atoms with Gasteiger partial charge < -0.3 is 10.1 Å². The van der Waals surface area contributed by atoms with Crippen molar-refractivity contribution in [3.8, 4) is 5.75 Å². The van der Waals surface area contributed by atoms with Crippen molar-refractivity contribution in [1.29, 1.82) is 0 Å².